The van der Waals surface area contributed by atoms with Gasteiger partial charge < -0.3 is 29.9 Å². The van der Waals surface area contributed by atoms with Crippen LogP contribution in [0.2, 0.25) is 0 Å². The molecule has 6 nitrogen and oxygen atoms in total. The van der Waals surface area contributed by atoms with E-state index in [4.69, 9.17) is 14.6 Å². The van der Waals surface area contributed by atoms with Crippen LogP contribution in [0.1, 0.15) is 0 Å². The number of ether oxygens (including phenoxy) is 2. The van der Waals surface area contributed by atoms with Crippen molar-refractivity contribution in [3.63, 3.8) is 0 Å². The van der Waals surface area contributed by atoms with Gasteiger partial charge in [0.1, 0.15) is 24.4 Å². The molecule has 0 amide bonds. The first-order valence-corrected chi connectivity index (χ1v) is 3.95. The number of aliphatic hydroxyl groups excluding tert-OH is 4. The predicted molar refractivity (Wildman–Crippen MR) is 40.8 cm³/mol. The van der Waals surface area contributed by atoms with Crippen LogP contribution in [0, 0.1) is 0 Å². The van der Waals surface area contributed by atoms with E-state index in [0.717, 1.165) is 0 Å². The van der Waals surface area contributed by atoms with Crippen LogP contribution in [-0.4, -0.2) is 64.8 Å². The minimum absolute atomic E-state index is 0.440. The van der Waals surface area contributed by atoms with Gasteiger partial charge >= 0.3 is 0 Å². The number of hydrogen-bond donors (Lipinski definition) is 4. The standard InChI is InChI=1S/C7H14O6/c1-12-7-6(11)5(10)4(9)3(2-8)13-7/h3-11H,2H2,1H3/t3-,4-,5+,6-,7+/m1/s1/i6+1,7+1. The molecule has 0 aromatic rings. The third-order valence-electron chi connectivity index (χ3n) is 2.08. The highest BCUT2D eigenvalue weighted by atomic mass is 16.8. The zero-order valence-electron chi connectivity index (χ0n) is 7.20. The molecule has 1 rings (SSSR count). The van der Waals surface area contributed by atoms with Crippen LogP contribution in [0.25, 0.3) is 0 Å². The van der Waals surface area contributed by atoms with Crippen LogP contribution in [-0.2, 0) is 9.47 Å². The Morgan fingerprint density at radius 3 is 2.23 bits per heavy atom. The highest BCUT2D eigenvalue weighted by molar-refractivity contribution is 4.88. The average molecular weight is 196 g/mol. The summed E-state index contributed by atoms with van der Waals surface area (Å²) in [5.74, 6) is 0. The molecule has 78 valence electrons. The molecule has 0 aliphatic carbocycles. The van der Waals surface area contributed by atoms with E-state index in [-0.39, 0.29) is 0 Å². The minimum Gasteiger partial charge on any atom is -0.394 e. The van der Waals surface area contributed by atoms with Gasteiger partial charge in [-0.1, -0.05) is 0 Å². The molecule has 1 heterocycles. The zero-order chi connectivity index (χ0) is 10.0. The molecule has 0 saturated carbocycles. The number of rotatable bonds is 2. The second-order valence-electron chi connectivity index (χ2n) is 2.93. The van der Waals surface area contributed by atoms with Gasteiger partial charge in [-0.2, -0.15) is 0 Å². The third-order valence-corrected chi connectivity index (χ3v) is 2.08. The van der Waals surface area contributed by atoms with Gasteiger partial charge in [-0.15, -0.1) is 0 Å². The molecule has 0 aromatic carbocycles. The maximum Gasteiger partial charge on any atom is 0.186 e. The first kappa shape index (κ1) is 10.8. The van der Waals surface area contributed by atoms with E-state index in [1.165, 1.54) is 7.11 Å². The Morgan fingerprint density at radius 2 is 1.77 bits per heavy atom. The Labute approximate surface area is 75.3 Å². The molecule has 1 aliphatic heterocycles. The molecule has 0 aromatic heterocycles. The van der Waals surface area contributed by atoms with E-state index in [0.29, 0.717) is 0 Å². The largest absolute Gasteiger partial charge is 0.394 e. The second kappa shape index (κ2) is 4.32. The molecule has 5 atom stereocenters. The summed E-state index contributed by atoms with van der Waals surface area (Å²) in [7, 11) is 1.30. The van der Waals surface area contributed by atoms with Crippen molar-refractivity contribution < 1.29 is 29.9 Å². The second-order valence-corrected chi connectivity index (χ2v) is 2.93. The first-order chi connectivity index (χ1) is 6.11. The van der Waals surface area contributed by atoms with Gasteiger partial charge in [-0.3, -0.25) is 0 Å². The van der Waals surface area contributed by atoms with Crippen molar-refractivity contribution in [2.75, 3.05) is 13.7 Å². The van der Waals surface area contributed by atoms with E-state index in [1.807, 2.05) is 0 Å². The topological polar surface area (TPSA) is 99.4 Å². The van der Waals surface area contributed by atoms with Crippen molar-refractivity contribution in [3.05, 3.63) is 0 Å². The smallest absolute Gasteiger partial charge is 0.186 e. The number of methoxy groups -OCH3 is 1. The Kier molecular flexibility index (Phi) is 3.60. The fourth-order valence-corrected chi connectivity index (χ4v) is 1.26. The molecule has 1 saturated heterocycles. The Bertz CT molecular complexity index is 143. The lowest BCUT2D eigenvalue weighted by Gasteiger charge is -2.38. The molecule has 0 bridgehead atoms. The molecule has 1 fully saturated rings. The molecule has 6 heteroatoms. The van der Waals surface area contributed by atoms with E-state index in [1.54, 1.807) is 0 Å². The number of hydrogen-bond acceptors (Lipinski definition) is 6. The van der Waals surface area contributed by atoms with Gasteiger partial charge in [-0.05, 0) is 0 Å². The van der Waals surface area contributed by atoms with Crippen LogP contribution in [0.3, 0.4) is 0 Å². The van der Waals surface area contributed by atoms with Crippen LogP contribution < -0.4 is 0 Å². The fraction of sp³-hybridized carbons (Fsp3) is 1.00. The summed E-state index contributed by atoms with van der Waals surface area (Å²) in [6.45, 7) is -0.440. The lowest BCUT2D eigenvalue weighted by atomic mass is 10.1. The minimum atomic E-state index is -1.36. The first-order valence-electron chi connectivity index (χ1n) is 3.95. The van der Waals surface area contributed by atoms with Crippen molar-refractivity contribution >= 4 is 0 Å². The maximum atomic E-state index is 9.28. The van der Waals surface area contributed by atoms with Crippen molar-refractivity contribution in [2.45, 2.75) is 30.7 Å². The summed E-state index contributed by atoms with van der Waals surface area (Å²) >= 11 is 0. The van der Waals surface area contributed by atoms with E-state index < -0.39 is 37.3 Å². The van der Waals surface area contributed by atoms with Crippen LogP contribution in [0.4, 0.5) is 0 Å². The summed E-state index contributed by atoms with van der Waals surface area (Å²) in [5, 5.41) is 36.6. The van der Waals surface area contributed by atoms with Gasteiger partial charge in [0.05, 0.1) is 6.61 Å². The SMILES string of the molecule is CO[13C@H]1O[C@H](CO)[C@@H](O)[C@H](O)[13C@H]1O. The summed E-state index contributed by atoms with van der Waals surface area (Å²) in [6.07, 6.45) is -5.91. The monoisotopic (exact) mass is 196 g/mol. The van der Waals surface area contributed by atoms with Gasteiger partial charge in [0, 0.05) is 7.11 Å². The summed E-state index contributed by atoms with van der Waals surface area (Å²) in [6, 6.07) is 0. The molecule has 0 radical (unpaired) electrons. The van der Waals surface area contributed by atoms with Crippen LogP contribution >= 0.6 is 0 Å². The van der Waals surface area contributed by atoms with Gasteiger partial charge in [0.2, 0.25) is 0 Å². The molecule has 13 heavy (non-hydrogen) atoms. The Morgan fingerprint density at radius 1 is 1.15 bits per heavy atom. The molecule has 1 aliphatic rings. The van der Waals surface area contributed by atoms with E-state index in [9.17, 15) is 15.3 Å². The van der Waals surface area contributed by atoms with Crippen LogP contribution in [0.15, 0.2) is 0 Å². The van der Waals surface area contributed by atoms with Crippen molar-refractivity contribution in [2.24, 2.45) is 0 Å². The maximum absolute atomic E-state index is 9.28. The predicted octanol–water partition coefficient (Wildman–Crippen LogP) is -2.57. The van der Waals surface area contributed by atoms with Gasteiger partial charge in [-0.25, -0.2) is 0 Å². The van der Waals surface area contributed by atoms with E-state index >= 15 is 0 Å². The molecule has 4 N–H and O–H groups in total. The normalized spacial score (nSPS) is 46.4. The lowest BCUT2D eigenvalue weighted by Crippen LogP contribution is -2.58. The van der Waals surface area contributed by atoms with Crippen LogP contribution in [0.5, 0.6) is 0 Å². The quantitative estimate of drug-likeness (QED) is 0.362. The number of aliphatic hydroxyl groups is 4. The molecule has 0 spiro atoms. The highest BCUT2D eigenvalue weighted by Gasteiger charge is 2.43. The summed E-state index contributed by atoms with van der Waals surface area (Å²) in [5.41, 5.74) is 0. The zero-order valence-corrected chi connectivity index (χ0v) is 7.20. The molecular weight excluding hydrogens is 182 g/mol. The summed E-state index contributed by atoms with van der Waals surface area (Å²) in [4.78, 5) is 0. The molecular formula is C7H14O6. The highest BCUT2D eigenvalue weighted by Crippen LogP contribution is 2.20. The van der Waals surface area contributed by atoms with Crippen molar-refractivity contribution in [1.29, 1.82) is 0 Å². The molecule has 0 unspecified atom stereocenters. The van der Waals surface area contributed by atoms with Crippen molar-refractivity contribution in [3.8, 4) is 0 Å². The third kappa shape index (κ3) is 1.98. The summed E-state index contributed by atoms with van der Waals surface area (Å²) < 4.78 is 9.65. The van der Waals surface area contributed by atoms with E-state index in [2.05, 4.69) is 0 Å². The average Bonchev–Trinajstić information content (AvgIpc) is 2.15. The van der Waals surface area contributed by atoms with Gasteiger partial charge in [0.25, 0.3) is 0 Å². The lowest BCUT2D eigenvalue weighted by molar-refractivity contribution is -0.294. The fourth-order valence-electron chi connectivity index (χ4n) is 1.26. The Balaban J connectivity index is 2.66. The Hall–Kier alpha value is -0.240. The van der Waals surface area contributed by atoms with Crippen molar-refractivity contribution in [1.82, 2.24) is 0 Å². The van der Waals surface area contributed by atoms with Gasteiger partial charge in [0.15, 0.2) is 6.29 Å².